The molecule has 0 aliphatic carbocycles. The molecule has 0 aliphatic rings. The van der Waals surface area contributed by atoms with Crippen LogP contribution in [0.2, 0.25) is 5.02 Å². The van der Waals surface area contributed by atoms with Gasteiger partial charge in [-0.05, 0) is 50.8 Å². The summed E-state index contributed by atoms with van der Waals surface area (Å²) in [5, 5.41) is 4.54. The van der Waals surface area contributed by atoms with Crippen LogP contribution in [0.1, 0.15) is 45.2 Å². The van der Waals surface area contributed by atoms with Gasteiger partial charge in [0, 0.05) is 18.2 Å². The van der Waals surface area contributed by atoms with Crippen LogP contribution >= 0.6 is 11.6 Å². The Morgan fingerprint density at radius 1 is 1.31 bits per heavy atom. The molecule has 0 saturated carbocycles. The second kappa shape index (κ2) is 9.18. The van der Waals surface area contributed by atoms with E-state index in [2.05, 4.69) is 22.0 Å². The molecule has 6 nitrogen and oxygen atoms in total. The maximum atomic E-state index is 11.4. The van der Waals surface area contributed by atoms with Gasteiger partial charge in [0.2, 0.25) is 11.7 Å². The van der Waals surface area contributed by atoms with Crippen LogP contribution in [0.3, 0.4) is 0 Å². The lowest BCUT2D eigenvalue weighted by Gasteiger charge is -2.10. The topological polar surface area (TPSA) is 78.1 Å². The molecule has 0 radical (unpaired) electrons. The van der Waals surface area contributed by atoms with Gasteiger partial charge in [0.15, 0.2) is 0 Å². The lowest BCUT2D eigenvalue weighted by Crippen LogP contribution is -2.07. The third-order valence-corrected chi connectivity index (χ3v) is 4.71. The van der Waals surface area contributed by atoms with E-state index in [1.54, 1.807) is 19.2 Å². The maximum absolute atomic E-state index is 11.4. The van der Waals surface area contributed by atoms with Gasteiger partial charge in [0.05, 0.1) is 11.7 Å². The summed E-state index contributed by atoms with van der Waals surface area (Å²) in [4.78, 5) is 20.2. The van der Waals surface area contributed by atoms with Gasteiger partial charge in [0.1, 0.15) is 10.8 Å². The van der Waals surface area contributed by atoms with E-state index in [1.807, 2.05) is 32.0 Å². The van der Waals surface area contributed by atoms with Crippen molar-refractivity contribution in [1.29, 1.82) is 0 Å². The number of hydrogen-bond acceptors (Lipinski definition) is 6. The number of aromatic nitrogens is 3. The number of pyridine rings is 1. The van der Waals surface area contributed by atoms with E-state index in [0.29, 0.717) is 41.0 Å². The molecule has 0 fully saturated rings. The molecule has 29 heavy (non-hydrogen) atoms. The normalized spacial score (nSPS) is 11.1. The Bertz CT molecular complexity index is 1010. The van der Waals surface area contributed by atoms with Crippen molar-refractivity contribution >= 4 is 17.4 Å². The zero-order valence-electron chi connectivity index (χ0n) is 17.0. The third kappa shape index (κ3) is 5.01. The molecule has 3 rings (SSSR count). The van der Waals surface area contributed by atoms with E-state index < -0.39 is 0 Å². The van der Waals surface area contributed by atoms with E-state index in [-0.39, 0.29) is 11.9 Å². The van der Waals surface area contributed by atoms with E-state index >= 15 is 0 Å². The average Bonchev–Trinajstić information content (AvgIpc) is 3.17. The number of Topliss-reactive ketones (excluding diaryl/α,β-unsaturated/α-hetero) is 1. The predicted molar refractivity (Wildman–Crippen MR) is 112 cm³/mol. The summed E-state index contributed by atoms with van der Waals surface area (Å²) < 4.78 is 11.0. The number of benzene rings is 1. The molecule has 152 valence electrons. The standard InChI is InChI=1S/C22H24ClN3O3/c1-5-17-15(10-9-14(4)27)7-6-8-18(17)20-25-21(29-26-20)16-11-19(23)22(24-12-16)28-13(2)3/h6-8,11-13H,5,9-10H2,1-4H3. The Labute approximate surface area is 175 Å². The smallest absolute Gasteiger partial charge is 0.259 e. The summed E-state index contributed by atoms with van der Waals surface area (Å²) in [6, 6.07) is 7.67. The third-order valence-electron chi connectivity index (χ3n) is 4.44. The van der Waals surface area contributed by atoms with Gasteiger partial charge < -0.3 is 14.1 Å². The number of halogens is 1. The highest BCUT2D eigenvalue weighted by atomic mass is 35.5. The minimum atomic E-state index is -0.0244. The Morgan fingerprint density at radius 3 is 2.76 bits per heavy atom. The van der Waals surface area contributed by atoms with Crippen molar-refractivity contribution < 1.29 is 14.1 Å². The van der Waals surface area contributed by atoms with Gasteiger partial charge in [-0.2, -0.15) is 4.98 Å². The van der Waals surface area contributed by atoms with Crippen molar-refractivity contribution in [3.05, 3.63) is 46.6 Å². The molecule has 2 heterocycles. The van der Waals surface area contributed by atoms with Crippen LogP contribution in [0, 0.1) is 0 Å². The summed E-state index contributed by atoms with van der Waals surface area (Å²) in [5.41, 5.74) is 3.78. The first-order valence-electron chi connectivity index (χ1n) is 9.65. The molecular weight excluding hydrogens is 390 g/mol. The molecule has 3 aromatic rings. The Morgan fingerprint density at radius 2 is 2.10 bits per heavy atom. The zero-order valence-corrected chi connectivity index (χ0v) is 17.8. The lowest BCUT2D eigenvalue weighted by molar-refractivity contribution is -0.116. The first kappa shape index (κ1) is 21.0. The van der Waals surface area contributed by atoms with Crippen molar-refractivity contribution in [2.45, 2.75) is 53.1 Å². The molecule has 0 bridgehead atoms. The van der Waals surface area contributed by atoms with E-state index in [1.165, 1.54) is 0 Å². The van der Waals surface area contributed by atoms with E-state index in [4.69, 9.17) is 20.9 Å². The predicted octanol–water partition coefficient (Wildman–Crippen LogP) is 5.32. The van der Waals surface area contributed by atoms with Gasteiger partial charge >= 0.3 is 0 Å². The molecule has 1 aromatic carbocycles. The van der Waals surface area contributed by atoms with Gasteiger partial charge in [0.25, 0.3) is 5.89 Å². The molecule has 0 aliphatic heterocycles. The first-order valence-corrected chi connectivity index (χ1v) is 10.0. The van der Waals surface area contributed by atoms with Crippen molar-refractivity contribution in [3.63, 3.8) is 0 Å². The van der Waals surface area contributed by atoms with Gasteiger partial charge in [-0.3, -0.25) is 0 Å². The highest BCUT2D eigenvalue weighted by molar-refractivity contribution is 6.32. The van der Waals surface area contributed by atoms with Gasteiger partial charge in [-0.15, -0.1) is 0 Å². The van der Waals surface area contributed by atoms with Crippen LogP contribution < -0.4 is 4.74 Å². The summed E-state index contributed by atoms with van der Waals surface area (Å²) >= 11 is 6.27. The van der Waals surface area contributed by atoms with E-state index in [0.717, 1.165) is 23.1 Å². The molecular formula is C22H24ClN3O3. The summed E-state index contributed by atoms with van der Waals surface area (Å²) in [5.74, 6) is 1.38. The minimum absolute atomic E-state index is 0.0244. The Kier molecular flexibility index (Phi) is 6.64. The molecule has 0 unspecified atom stereocenters. The van der Waals surface area contributed by atoms with Crippen molar-refractivity contribution in [1.82, 2.24) is 15.1 Å². The Balaban J connectivity index is 1.91. The van der Waals surface area contributed by atoms with Crippen LogP contribution in [-0.2, 0) is 17.6 Å². The number of aryl methyl sites for hydroxylation is 1. The number of carbonyl (C=O) groups is 1. The minimum Gasteiger partial charge on any atom is -0.474 e. The SMILES string of the molecule is CCc1c(CCC(C)=O)cccc1-c1noc(-c2cnc(OC(C)C)c(Cl)c2)n1. The molecule has 2 aromatic heterocycles. The number of hydrogen-bond donors (Lipinski definition) is 0. The number of carbonyl (C=O) groups excluding carboxylic acids is 1. The number of nitrogens with zero attached hydrogens (tertiary/aromatic N) is 3. The molecule has 0 N–H and O–H groups in total. The zero-order chi connectivity index (χ0) is 21.0. The fraction of sp³-hybridized carbons (Fsp3) is 0.364. The highest BCUT2D eigenvalue weighted by Gasteiger charge is 2.17. The quantitative estimate of drug-likeness (QED) is 0.497. The number of rotatable bonds is 8. The average molecular weight is 414 g/mol. The van der Waals surface area contributed by atoms with E-state index in [9.17, 15) is 4.79 Å². The van der Waals surface area contributed by atoms with Gasteiger partial charge in [-0.1, -0.05) is 41.9 Å². The highest BCUT2D eigenvalue weighted by Crippen LogP contribution is 2.31. The first-order chi connectivity index (χ1) is 13.9. The van der Waals surface area contributed by atoms with Gasteiger partial charge in [-0.25, -0.2) is 4.98 Å². The maximum Gasteiger partial charge on any atom is 0.259 e. The molecule has 0 saturated heterocycles. The monoisotopic (exact) mass is 413 g/mol. The largest absolute Gasteiger partial charge is 0.474 e. The molecule has 0 spiro atoms. The van der Waals surface area contributed by atoms with Crippen LogP contribution in [0.5, 0.6) is 5.88 Å². The Hall–Kier alpha value is -2.73. The fourth-order valence-electron chi connectivity index (χ4n) is 3.11. The molecule has 0 amide bonds. The summed E-state index contributed by atoms with van der Waals surface area (Å²) in [7, 11) is 0. The van der Waals surface area contributed by atoms with Crippen LogP contribution in [0.4, 0.5) is 0 Å². The fourth-order valence-corrected chi connectivity index (χ4v) is 3.32. The van der Waals surface area contributed by atoms with Crippen molar-refractivity contribution in [2.24, 2.45) is 0 Å². The van der Waals surface area contributed by atoms with Crippen LogP contribution in [-0.4, -0.2) is 27.0 Å². The van der Waals surface area contributed by atoms with Crippen molar-refractivity contribution in [2.75, 3.05) is 0 Å². The summed E-state index contributed by atoms with van der Waals surface area (Å²) in [6.07, 6.45) is 3.60. The van der Waals surface area contributed by atoms with Crippen LogP contribution in [0.25, 0.3) is 22.8 Å². The molecule has 0 atom stereocenters. The molecule has 7 heteroatoms. The lowest BCUT2D eigenvalue weighted by atomic mass is 9.95. The van der Waals surface area contributed by atoms with Crippen molar-refractivity contribution in [3.8, 4) is 28.7 Å². The number of ketones is 1. The summed E-state index contributed by atoms with van der Waals surface area (Å²) in [6.45, 7) is 7.50. The second-order valence-corrected chi connectivity index (χ2v) is 7.51. The number of ether oxygens (including phenoxy) is 1. The second-order valence-electron chi connectivity index (χ2n) is 7.10. The van der Waals surface area contributed by atoms with Crippen LogP contribution in [0.15, 0.2) is 35.0 Å².